The monoisotopic (exact) mass is 568 g/mol. The predicted octanol–water partition coefficient (Wildman–Crippen LogP) is 7.91. The van der Waals surface area contributed by atoms with Crippen LogP contribution in [0.4, 0.5) is 5.00 Å². The van der Waals surface area contributed by atoms with Crippen LogP contribution >= 0.6 is 11.3 Å². The van der Waals surface area contributed by atoms with Crippen LogP contribution in [0.15, 0.2) is 60.7 Å². The van der Waals surface area contributed by atoms with Crippen LogP contribution in [0.1, 0.15) is 83.4 Å². The summed E-state index contributed by atoms with van der Waals surface area (Å²) in [4.78, 5) is 27.9. The number of hydrogen-bond donors (Lipinski definition) is 2. The highest BCUT2D eigenvalue weighted by atomic mass is 32.1. The summed E-state index contributed by atoms with van der Waals surface area (Å²) < 4.78 is 11.7. The first-order chi connectivity index (χ1) is 19.8. The maximum atomic E-state index is 13.4. The van der Waals surface area contributed by atoms with Gasteiger partial charge in [-0.1, -0.05) is 69.7 Å². The number of thiophene rings is 1. The minimum atomic E-state index is -0.446. The van der Waals surface area contributed by atoms with Crippen LogP contribution in [0.25, 0.3) is 10.8 Å². The molecule has 0 saturated carbocycles. The van der Waals surface area contributed by atoms with E-state index in [-0.39, 0.29) is 11.3 Å². The average molecular weight is 569 g/mol. The van der Waals surface area contributed by atoms with E-state index < -0.39 is 12.1 Å². The number of carbonyl (C=O) groups excluding carboxylic acids is 2. The Balaban J connectivity index is 1.25. The van der Waals surface area contributed by atoms with Crippen molar-refractivity contribution < 1.29 is 19.1 Å². The number of rotatable bonds is 7. The molecule has 4 aromatic rings. The molecule has 6 rings (SSSR count). The third-order valence-electron chi connectivity index (χ3n) is 8.87. The molecule has 1 aliphatic heterocycles. The molecule has 3 aromatic carbocycles. The molecule has 0 bridgehead atoms. The summed E-state index contributed by atoms with van der Waals surface area (Å²) in [5.41, 5.74) is 3.62. The summed E-state index contributed by atoms with van der Waals surface area (Å²) in [5, 5.41) is 9.46. The van der Waals surface area contributed by atoms with Gasteiger partial charge in [-0.05, 0) is 77.6 Å². The summed E-state index contributed by atoms with van der Waals surface area (Å²) in [5.74, 6) is 0.928. The molecule has 0 radical (unpaired) electrons. The summed E-state index contributed by atoms with van der Waals surface area (Å²) in [7, 11) is 0. The van der Waals surface area contributed by atoms with Gasteiger partial charge in [-0.15, -0.1) is 11.3 Å². The van der Waals surface area contributed by atoms with Crippen LogP contribution in [0.2, 0.25) is 0 Å². The van der Waals surface area contributed by atoms with E-state index in [1.54, 1.807) is 23.5 Å². The lowest BCUT2D eigenvalue weighted by Gasteiger charge is -2.36. The fourth-order valence-corrected chi connectivity index (χ4v) is 7.39. The van der Waals surface area contributed by atoms with E-state index in [0.29, 0.717) is 29.6 Å². The molecule has 2 atom stereocenters. The first-order valence-corrected chi connectivity index (χ1v) is 15.3. The van der Waals surface area contributed by atoms with Crippen LogP contribution in [0.5, 0.6) is 11.5 Å². The van der Waals surface area contributed by atoms with E-state index >= 15 is 0 Å². The average Bonchev–Trinajstić information content (AvgIpc) is 3.36. The number of ether oxygens (including phenoxy) is 2. The largest absolute Gasteiger partial charge is 0.490 e. The smallest absolute Gasteiger partial charge is 0.344 e. The Morgan fingerprint density at radius 1 is 1.02 bits per heavy atom. The number of nitrogens with one attached hydrogen (secondary N) is 2. The van der Waals surface area contributed by atoms with Gasteiger partial charge in [-0.3, -0.25) is 4.79 Å². The van der Waals surface area contributed by atoms with E-state index in [4.69, 9.17) is 9.47 Å². The standard InChI is InChI=1S/C34H36N2O4S/c1-5-34(3,4)22-15-16-25-28(19-22)41-32-29(25)31(37)35-30(36-32)21-14-17-26(27(18-21)39-6-2)40-33(38)24-13-9-11-20-10-7-8-12-23(20)24/h7-14,17-18,22,30,36H,5-6,15-16,19H2,1-4H3,(H,35,37)/t22-,30-/m0/s1. The van der Waals surface area contributed by atoms with Gasteiger partial charge in [0.1, 0.15) is 11.2 Å². The number of fused-ring (bicyclic) bond motifs is 4. The molecule has 0 fully saturated rings. The number of esters is 1. The van der Waals surface area contributed by atoms with Crippen LogP contribution in [-0.2, 0) is 12.8 Å². The molecule has 2 N–H and O–H groups in total. The fourth-order valence-electron chi connectivity index (χ4n) is 6.04. The molecule has 6 nitrogen and oxygen atoms in total. The summed E-state index contributed by atoms with van der Waals surface area (Å²) in [6.07, 6.45) is 3.82. The van der Waals surface area contributed by atoms with Crippen molar-refractivity contribution in [2.24, 2.45) is 11.3 Å². The van der Waals surface area contributed by atoms with Crippen molar-refractivity contribution in [3.63, 3.8) is 0 Å². The Morgan fingerprint density at radius 2 is 1.83 bits per heavy atom. The molecule has 7 heteroatoms. The maximum absolute atomic E-state index is 13.4. The fraction of sp³-hybridized carbons (Fsp3) is 0.353. The second-order valence-electron chi connectivity index (χ2n) is 11.6. The molecular formula is C34H36N2O4S. The Hall–Kier alpha value is -3.84. The SMILES string of the molecule is CCOc1cc([C@H]2NC(=O)c3c(sc4c3CC[C@H](C(C)(C)CC)C4)N2)ccc1OC(=O)c1cccc2ccccc12. The number of carbonyl (C=O) groups is 2. The molecule has 0 spiro atoms. The topological polar surface area (TPSA) is 76.7 Å². The van der Waals surface area contributed by atoms with Gasteiger partial charge in [0.15, 0.2) is 11.5 Å². The molecule has 1 aromatic heterocycles. The Morgan fingerprint density at radius 3 is 2.63 bits per heavy atom. The van der Waals surface area contributed by atoms with Crippen molar-refractivity contribution in [3.8, 4) is 11.5 Å². The second-order valence-corrected chi connectivity index (χ2v) is 12.7. The Kier molecular flexibility index (Phi) is 7.24. The van der Waals surface area contributed by atoms with Crippen LogP contribution < -0.4 is 20.1 Å². The van der Waals surface area contributed by atoms with E-state index in [0.717, 1.165) is 52.6 Å². The first-order valence-electron chi connectivity index (χ1n) is 14.5. The highest BCUT2D eigenvalue weighted by molar-refractivity contribution is 7.16. The van der Waals surface area contributed by atoms with Crippen molar-refractivity contribution in [1.29, 1.82) is 0 Å². The summed E-state index contributed by atoms with van der Waals surface area (Å²) >= 11 is 1.72. The number of hydrogen-bond acceptors (Lipinski definition) is 6. The molecule has 2 aliphatic rings. The lowest BCUT2D eigenvalue weighted by atomic mass is 9.69. The minimum absolute atomic E-state index is 0.0427. The lowest BCUT2D eigenvalue weighted by Crippen LogP contribution is -2.38. The van der Waals surface area contributed by atoms with Gasteiger partial charge in [0.25, 0.3) is 5.91 Å². The number of benzene rings is 3. The lowest BCUT2D eigenvalue weighted by molar-refractivity contribution is 0.0730. The quantitative estimate of drug-likeness (QED) is 0.175. The van der Waals surface area contributed by atoms with Gasteiger partial charge in [-0.25, -0.2) is 4.79 Å². The Labute approximate surface area is 245 Å². The van der Waals surface area contributed by atoms with Crippen LogP contribution in [0, 0.1) is 11.3 Å². The number of amides is 1. The summed E-state index contributed by atoms with van der Waals surface area (Å²) in [6.45, 7) is 9.27. The Bertz CT molecular complexity index is 1630. The molecule has 0 saturated heterocycles. The van der Waals surface area contributed by atoms with Crippen molar-refractivity contribution in [2.45, 2.75) is 59.5 Å². The van der Waals surface area contributed by atoms with Crippen molar-refractivity contribution >= 4 is 39.0 Å². The van der Waals surface area contributed by atoms with Gasteiger partial charge < -0.3 is 20.1 Å². The maximum Gasteiger partial charge on any atom is 0.344 e. The molecule has 212 valence electrons. The van der Waals surface area contributed by atoms with Gasteiger partial charge >= 0.3 is 5.97 Å². The third kappa shape index (κ3) is 5.08. The first kappa shape index (κ1) is 27.3. The zero-order chi connectivity index (χ0) is 28.7. The van der Waals surface area contributed by atoms with E-state index in [9.17, 15) is 9.59 Å². The molecule has 2 heterocycles. The van der Waals surface area contributed by atoms with Crippen molar-refractivity contribution in [3.05, 3.63) is 87.8 Å². The van der Waals surface area contributed by atoms with Crippen molar-refractivity contribution in [2.75, 3.05) is 11.9 Å². The molecule has 1 amide bonds. The van der Waals surface area contributed by atoms with Crippen LogP contribution in [-0.4, -0.2) is 18.5 Å². The van der Waals surface area contributed by atoms with Gasteiger partial charge in [0.2, 0.25) is 0 Å². The van der Waals surface area contributed by atoms with E-state index in [1.807, 2.05) is 55.5 Å². The zero-order valence-corrected chi connectivity index (χ0v) is 24.8. The second kappa shape index (κ2) is 10.9. The summed E-state index contributed by atoms with van der Waals surface area (Å²) in [6, 6.07) is 18.8. The molecular weight excluding hydrogens is 532 g/mol. The minimum Gasteiger partial charge on any atom is -0.490 e. The van der Waals surface area contributed by atoms with Crippen LogP contribution in [0.3, 0.4) is 0 Å². The molecule has 1 aliphatic carbocycles. The van der Waals surface area contributed by atoms with Gasteiger partial charge in [0.05, 0.1) is 17.7 Å². The predicted molar refractivity (Wildman–Crippen MR) is 164 cm³/mol. The molecule has 0 unspecified atom stereocenters. The highest BCUT2D eigenvalue weighted by Gasteiger charge is 2.37. The molecule has 41 heavy (non-hydrogen) atoms. The van der Waals surface area contributed by atoms with E-state index in [2.05, 4.69) is 31.4 Å². The van der Waals surface area contributed by atoms with Crippen molar-refractivity contribution in [1.82, 2.24) is 5.32 Å². The number of anilines is 1. The zero-order valence-electron chi connectivity index (χ0n) is 24.0. The van der Waals surface area contributed by atoms with Gasteiger partial charge in [-0.2, -0.15) is 0 Å². The normalized spacial score (nSPS) is 18.2. The van der Waals surface area contributed by atoms with Gasteiger partial charge in [0, 0.05) is 4.88 Å². The highest BCUT2D eigenvalue weighted by Crippen LogP contribution is 2.47. The van der Waals surface area contributed by atoms with E-state index in [1.165, 1.54) is 10.4 Å². The third-order valence-corrected chi connectivity index (χ3v) is 10.1.